The summed E-state index contributed by atoms with van der Waals surface area (Å²) in [7, 11) is 0. The van der Waals surface area contributed by atoms with Gasteiger partial charge in [0, 0.05) is 17.3 Å². The summed E-state index contributed by atoms with van der Waals surface area (Å²) in [5, 5.41) is 12.6. The van der Waals surface area contributed by atoms with Gasteiger partial charge in [0.1, 0.15) is 15.3 Å². The van der Waals surface area contributed by atoms with E-state index in [0.717, 1.165) is 17.1 Å². The molecule has 2 aromatic rings. The lowest BCUT2D eigenvalue weighted by atomic mass is 10.1. The molecule has 0 aliphatic heterocycles. The van der Waals surface area contributed by atoms with E-state index in [4.69, 9.17) is 11.6 Å². The molecule has 0 spiro atoms. The standard InChI is InChI=1S/C12H11ClN2O2S2/c13-11-9(14-15-19-11)7-18-10(12(16)17)6-8-4-2-1-3-5-8/h1-5,10H,6-7H2,(H,16,17). The molecular formula is C12H11ClN2O2S2. The monoisotopic (exact) mass is 314 g/mol. The lowest BCUT2D eigenvalue weighted by Crippen LogP contribution is -2.19. The summed E-state index contributed by atoms with van der Waals surface area (Å²) in [6.07, 6.45) is 0.482. The average molecular weight is 315 g/mol. The van der Waals surface area contributed by atoms with Crippen LogP contribution in [0.4, 0.5) is 0 Å². The number of nitrogens with zero attached hydrogens (tertiary/aromatic N) is 2. The zero-order valence-electron chi connectivity index (χ0n) is 9.82. The Kier molecular flexibility index (Phi) is 5.18. The Morgan fingerprint density at radius 2 is 2.16 bits per heavy atom. The van der Waals surface area contributed by atoms with Crippen molar-refractivity contribution in [1.82, 2.24) is 9.59 Å². The van der Waals surface area contributed by atoms with E-state index in [1.807, 2.05) is 30.3 Å². The van der Waals surface area contributed by atoms with Crippen LogP contribution in [-0.4, -0.2) is 25.9 Å². The maximum atomic E-state index is 11.3. The van der Waals surface area contributed by atoms with Crippen molar-refractivity contribution >= 4 is 40.9 Å². The molecule has 0 fully saturated rings. The van der Waals surface area contributed by atoms with E-state index in [1.165, 1.54) is 11.8 Å². The van der Waals surface area contributed by atoms with Crippen LogP contribution in [0.3, 0.4) is 0 Å². The highest BCUT2D eigenvalue weighted by Crippen LogP contribution is 2.26. The van der Waals surface area contributed by atoms with Gasteiger partial charge >= 0.3 is 5.97 Å². The molecule has 0 radical (unpaired) electrons. The van der Waals surface area contributed by atoms with Crippen molar-refractivity contribution in [2.75, 3.05) is 0 Å². The number of benzene rings is 1. The summed E-state index contributed by atoms with van der Waals surface area (Å²) >= 11 is 8.32. The summed E-state index contributed by atoms with van der Waals surface area (Å²) in [5.41, 5.74) is 1.65. The number of aliphatic carboxylic acids is 1. The highest BCUT2D eigenvalue weighted by Gasteiger charge is 2.20. The number of carboxylic acid groups (broad SMARTS) is 1. The average Bonchev–Trinajstić information content (AvgIpc) is 2.81. The van der Waals surface area contributed by atoms with Crippen molar-refractivity contribution in [3.63, 3.8) is 0 Å². The number of halogens is 1. The number of hydrogen-bond donors (Lipinski definition) is 1. The maximum absolute atomic E-state index is 11.3. The van der Waals surface area contributed by atoms with Crippen molar-refractivity contribution < 1.29 is 9.90 Å². The topological polar surface area (TPSA) is 63.1 Å². The predicted molar refractivity (Wildman–Crippen MR) is 77.8 cm³/mol. The Morgan fingerprint density at radius 3 is 2.74 bits per heavy atom. The van der Waals surface area contributed by atoms with Gasteiger partial charge in [-0.05, 0) is 12.0 Å². The minimum absolute atomic E-state index is 0.457. The zero-order chi connectivity index (χ0) is 13.7. The van der Waals surface area contributed by atoms with Crippen molar-refractivity contribution in [3.8, 4) is 0 Å². The Bertz CT molecular complexity index is 548. The van der Waals surface area contributed by atoms with Crippen molar-refractivity contribution in [1.29, 1.82) is 0 Å². The van der Waals surface area contributed by atoms with E-state index in [1.54, 1.807) is 0 Å². The van der Waals surface area contributed by atoms with Crippen molar-refractivity contribution in [2.45, 2.75) is 17.4 Å². The van der Waals surface area contributed by atoms with Gasteiger partial charge in [0.15, 0.2) is 0 Å². The van der Waals surface area contributed by atoms with E-state index in [-0.39, 0.29) is 0 Å². The molecule has 2 rings (SSSR count). The molecule has 1 aromatic carbocycles. The molecule has 1 atom stereocenters. The smallest absolute Gasteiger partial charge is 0.316 e. The molecule has 4 nitrogen and oxygen atoms in total. The first kappa shape index (κ1) is 14.3. The quantitative estimate of drug-likeness (QED) is 0.887. The third kappa shape index (κ3) is 4.19. The number of carbonyl (C=O) groups is 1. The van der Waals surface area contributed by atoms with Crippen molar-refractivity contribution in [2.24, 2.45) is 0 Å². The van der Waals surface area contributed by atoms with Gasteiger partial charge in [-0.25, -0.2) is 0 Å². The number of carboxylic acids is 1. The lowest BCUT2D eigenvalue weighted by molar-refractivity contribution is -0.136. The summed E-state index contributed by atoms with van der Waals surface area (Å²) in [5.74, 6) is -0.368. The van der Waals surface area contributed by atoms with E-state index < -0.39 is 11.2 Å². The molecule has 19 heavy (non-hydrogen) atoms. The fraction of sp³-hybridized carbons (Fsp3) is 0.250. The van der Waals surface area contributed by atoms with Crippen LogP contribution in [0.15, 0.2) is 30.3 Å². The molecule has 0 amide bonds. The van der Waals surface area contributed by atoms with E-state index in [2.05, 4.69) is 9.59 Å². The van der Waals surface area contributed by atoms with Gasteiger partial charge in [0.25, 0.3) is 0 Å². The maximum Gasteiger partial charge on any atom is 0.316 e. The van der Waals surface area contributed by atoms with Gasteiger partial charge < -0.3 is 5.11 Å². The summed E-state index contributed by atoms with van der Waals surface area (Å²) in [6, 6.07) is 9.56. The van der Waals surface area contributed by atoms with Crippen LogP contribution >= 0.6 is 34.9 Å². The molecule has 7 heteroatoms. The van der Waals surface area contributed by atoms with Crippen molar-refractivity contribution in [3.05, 3.63) is 45.9 Å². The van der Waals surface area contributed by atoms with Crippen LogP contribution < -0.4 is 0 Å². The van der Waals surface area contributed by atoms with Crippen LogP contribution in [0.25, 0.3) is 0 Å². The molecule has 100 valence electrons. The first-order valence-corrected chi connectivity index (χ1v) is 7.72. The van der Waals surface area contributed by atoms with E-state index in [0.29, 0.717) is 22.2 Å². The largest absolute Gasteiger partial charge is 0.480 e. The van der Waals surface area contributed by atoms with Gasteiger partial charge in [0.05, 0.1) is 0 Å². The Hall–Kier alpha value is -1.11. The minimum Gasteiger partial charge on any atom is -0.480 e. The number of rotatable bonds is 6. The van der Waals surface area contributed by atoms with E-state index >= 15 is 0 Å². The van der Waals surface area contributed by atoms with Crippen LogP contribution in [0, 0.1) is 0 Å². The summed E-state index contributed by atoms with van der Waals surface area (Å²) in [6.45, 7) is 0. The van der Waals surface area contributed by atoms with Gasteiger partial charge in [-0.1, -0.05) is 46.4 Å². The van der Waals surface area contributed by atoms with E-state index in [9.17, 15) is 9.90 Å². The molecule has 0 saturated heterocycles. The predicted octanol–water partition coefficient (Wildman–Crippen LogP) is 3.12. The molecule has 1 heterocycles. The second-order valence-electron chi connectivity index (χ2n) is 3.82. The molecular weight excluding hydrogens is 304 g/mol. The SMILES string of the molecule is O=C(O)C(Cc1ccccc1)SCc1nnsc1Cl. The Morgan fingerprint density at radius 1 is 1.42 bits per heavy atom. The molecule has 0 aliphatic rings. The summed E-state index contributed by atoms with van der Waals surface area (Å²) in [4.78, 5) is 11.3. The van der Waals surface area contributed by atoms with Gasteiger partial charge in [0.2, 0.25) is 0 Å². The van der Waals surface area contributed by atoms with Gasteiger partial charge in [-0.2, -0.15) is 0 Å². The molecule has 0 saturated carbocycles. The third-order valence-corrected chi connectivity index (χ3v) is 4.67. The number of hydrogen-bond acceptors (Lipinski definition) is 5. The number of thioether (sulfide) groups is 1. The highest BCUT2D eigenvalue weighted by atomic mass is 35.5. The Labute approximate surface area is 124 Å². The second kappa shape index (κ2) is 6.88. The lowest BCUT2D eigenvalue weighted by Gasteiger charge is -2.11. The Balaban J connectivity index is 1.97. The fourth-order valence-electron chi connectivity index (χ4n) is 1.51. The summed E-state index contributed by atoms with van der Waals surface area (Å²) < 4.78 is 4.25. The molecule has 1 unspecified atom stereocenters. The fourth-order valence-corrected chi connectivity index (χ4v) is 3.32. The zero-order valence-corrected chi connectivity index (χ0v) is 12.2. The van der Waals surface area contributed by atoms with Crippen LogP contribution in [-0.2, 0) is 17.0 Å². The van der Waals surface area contributed by atoms with Crippen LogP contribution in [0.2, 0.25) is 4.34 Å². The van der Waals surface area contributed by atoms with Crippen LogP contribution in [0.1, 0.15) is 11.3 Å². The number of aromatic nitrogens is 2. The van der Waals surface area contributed by atoms with Gasteiger partial charge in [-0.3, -0.25) is 4.79 Å². The normalized spacial score (nSPS) is 12.3. The third-order valence-electron chi connectivity index (χ3n) is 2.47. The highest BCUT2D eigenvalue weighted by molar-refractivity contribution is 7.99. The molecule has 1 aromatic heterocycles. The van der Waals surface area contributed by atoms with Gasteiger partial charge in [-0.15, -0.1) is 16.9 Å². The minimum atomic E-state index is -0.826. The molecule has 1 N–H and O–H groups in total. The molecule has 0 bridgehead atoms. The van der Waals surface area contributed by atoms with Crippen LogP contribution in [0.5, 0.6) is 0 Å². The first-order valence-electron chi connectivity index (χ1n) is 5.52. The second-order valence-corrected chi connectivity index (χ2v) is 6.37. The molecule has 0 aliphatic carbocycles. The first-order chi connectivity index (χ1) is 9.16.